The van der Waals surface area contributed by atoms with Gasteiger partial charge in [0.25, 0.3) is 11.1 Å². The van der Waals surface area contributed by atoms with Crippen molar-refractivity contribution in [2.24, 2.45) is 0 Å². The number of ether oxygens (including phenoxy) is 2. The highest BCUT2D eigenvalue weighted by Crippen LogP contribution is 2.35. The molecule has 1 saturated heterocycles. The Balaban J connectivity index is 1.33. The van der Waals surface area contributed by atoms with Gasteiger partial charge >= 0.3 is 0 Å². The molecule has 1 heterocycles. The van der Waals surface area contributed by atoms with Crippen LogP contribution in [0.2, 0.25) is 0 Å². The highest BCUT2D eigenvalue weighted by atomic mass is 32.2. The minimum Gasteiger partial charge on any atom is -0.496 e. The van der Waals surface area contributed by atoms with Gasteiger partial charge < -0.3 is 9.47 Å². The largest absolute Gasteiger partial charge is 0.496 e. The molecule has 0 unspecified atom stereocenters. The number of carbonyl (C=O) groups excluding carboxylic acids is 2. The Kier molecular flexibility index (Phi) is 5.75. The fourth-order valence-corrected chi connectivity index (χ4v) is 4.86. The van der Waals surface area contributed by atoms with E-state index >= 15 is 0 Å². The summed E-state index contributed by atoms with van der Waals surface area (Å²) in [7, 11) is 1.63. The van der Waals surface area contributed by atoms with E-state index in [2.05, 4.69) is 0 Å². The first-order chi connectivity index (χ1) is 16.2. The second kappa shape index (κ2) is 9.00. The average molecular weight is 456 g/mol. The molecule has 1 fully saturated rings. The highest BCUT2D eigenvalue weighted by Gasteiger charge is 2.35. The van der Waals surface area contributed by atoms with E-state index in [1.807, 2.05) is 78.9 Å². The molecule has 1 aliphatic heterocycles. The van der Waals surface area contributed by atoms with Gasteiger partial charge in [0.1, 0.15) is 18.1 Å². The van der Waals surface area contributed by atoms with Crippen molar-refractivity contribution in [3.05, 3.63) is 89.3 Å². The minimum absolute atomic E-state index is 0.189. The molecule has 0 atom stereocenters. The van der Waals surface area contributed by atoms with E-state index in [9.17, 15) is 9.59 Å². The van der Waals surface area contributed by atoms with Crippen LogP contribution in [0.3, 0.4) is 0 Å². The standard InChI is InChI=1S/C27H21NO4S/c1-31-23-14-13-19(20-9-4-5-11-22(20)23)17-25-26(29)28(27(30)33-25)15-16-32-24-12-6-8-18-7-2-3-10-21(18)24/h2-14,17H,15-16H2,1H3/b25-17-. The van der Waals surface area contributed by atoms with Crippen LogP contribution in [0.25, 0.3) is 27.6 Å². The van der Waals surface area contributed by atoms with E-state index < -0.39 is 0 Å². The molecule has 0 spiro atoms. The lowest BCUT2D eigenvalue weighted by atomic mass is 10.0. The summed E-state index contributed by atoms with van der Waals surface area (Å²) in [6.45, 7) is 0.416. The van der Waals surface area contributed by atoms with Gasteiger partial charge in [0, 0.05) is 10.8 Å². The lowest BCUT2D eigenvalue weighted by molar-refractivity contribution is -0.123. The first kappa shape index (κ1) is 21.1. The van der Waals surface area contributed by atoms with Gasteiger partial charge in [-0.1, -0.05) is 66.7 Å². The molecule has 164 valence electrons. The van der Waals surface area contributed by atoms with Crippen LogP contribution in [0, 0.1) is 0 Å². The number of thioether (sulfide) groups is 1. The van der Waals surface area contributed by atoms with Gasteiger partial charge in [-0.2, -0.15) is 0 Å². The first-order valence-corrected chi connectivity index (χ1v) is 11.4. The van der Waals surface area contributed by atoms with Gasteiger partial charge in [-0.25, -0.2) is 0 Å². The summed E-state index contributed by atoms with van der Waals surface area (Å²) in [5.41, 5.74) is 0.865. The van der Waals surface area contributed by atoms with Gasteiger partial charge in [-0.3, -0.25) is 14.5 Å². The number of fused-ring (bicyclic) bond motifs is 2. The maximum Gasteiger partial charge on any atom is 0.293 e. The molecule has 0 saturated carbocycles. The van der Waals surface area contributed by atoms with E-state index in [0.717, 1.165) is 50.4 Å². The quantitative estimate of drug-likeness (QED) is 0.328. The topological polar surface area (TPSA) is 55.8 Å². The van der Waals surface area contributed by atoms with Gasteiger partial charge in [-0.05, 0) is 46.3 Å². The number of amides is 2. The van der Waals surface area contributed by atoms with Crippen LogP contribution in [0.5, 0.6) is 11.5 Å². The van der Waals surface area contributed by atoms with Crippen molar-refractivity contribution >= 4 is 50.5 Å². The molecular formula is C27H21NO4S. The fraction of sp³-hybridized carbons (Fsp3) is 0.111. The summed E-state index contributed by atoms with van der Waals surface area (Å²) in [6, 6.07) is 25.4. The number of nitrogens with zero attached hydrogens (tertiary/aromatic N) is 1. The molecule has 6 heteroatoms. The lowest BCUT2D eigenvalue weighted by Gasteiger charge is -2.14. The smallest absolute Gasteiger partial charge is 0.293 e. The number of methoxy groups -OCH3 is 1. The van der Waals surface area contributed by atoms with Gasteiger partial charge in [-0.15, -0.1) is 0 Å². The van der Waals surface area contributed by atoms with E-state index in [4.69, 9.17) is 9.47 Å². The zero-order chi connectivity index (χ0) is 22.8. The third-order valence-electron chi connectivity index (χ3n) is 5.62. The molecule has 1 aliphatic rings. The summed E-state index contributed by atoms with van der Waals surface area (Å²) < 4.78 is 11.4. The van der Waals surface area contributed by atoms with Crippen LogP contribution < -0.4 is 9.47 Å². The van der Waals surface area contributed by atoms with Gasteiger partial charge in [0.15, 0.2) is 0 Å². The predicted molar refractivity (Wildman–Crippen MR) is 133 cm³/mol. The number of hydrogen-bond donors (Lipinski definition) is 0. The molecule has 0 aliphatic carbocycles. The van der Waals surface area contributed by atoms with Crippen LogP contribution in [-0.2, 0) is 4.79 Å². The van der Waals surface area contributed by atoms with E-state index in [0.29, 0.717) is 4.91 Å². The van der Waals surface area contributed by atoms with Crippen molar-refractivity contribution in [2.75, 3.05) is 20.3 Å². The number of imide groups is 1. The maximum absolute atomic E-state index is 13.0. The third-order valence-corrected chi connectivity index (χ3v) is 6.53. The Hall–Kier alpha value is -3.77. The summed E-state index contributed by atoms with van der Waals surface area (Å²) in [4.78, 5) is 27.2. The van der Waals surface area contributed by atoms with Crippen molar-refractivity contribution in [3.8, 4) is 11.5 Å². The minimum atomic E-state index is -0.300. The average Bonchev–Trinajstić information content (AvgIpc) is 3.11. The molecule has 4 aromatic carbocycles. The Morgan fingerprint density at radius 3 is 2.36 bits per heavy atom. The lowest BCUT2D eigenvalue weighted by Crippen LogP contribution is -2.32. The van der Waals surface area contributed by atoms with Crippen molar-refractivity contribution < 1.29 is 19.1 Å². The number of benzene rings is 4. The molecular weight excluding hydrogens is 434 g/mol. The van der Waals surface area contributed by atoms with E-state index in [-0.39, 0.29) is 24.3 Å². The molecule has 0 N–H and O–H groups in total. The number of rotatable bonds is 6. The second-order valence-corrected chi connectivity index (χ2v) is 8.55. The second-order valence-electron chi connectivity index (χ2n) is 7.56. The maximum atomic E-state index is 13.0. The molecule has 2 amide bonds. The van der Waals surface area contributed by atoms with Crippen LogP contribution in [-0.4, -0.2) is 36.3 Å². The molecule has 4 aromatic rings. The molecule has 0 aromatic heterocycles. The SMILES string of the molecule is COc1ccc(/C=C2\SC(=O)N(CCOc3cccc4ccccc34)C2=O)c2ccccc12. The first-order valence-electron chi connectivity index (χ1n) is 10.6. The molecule has 33 heavy (non-hydrogen) atoms. The molecule has 0 bridgehead atoms. The fourth-order valence-electron chi connectivity index (χ4n) is 4.00. The van der Waals surface area contributed by atoms with Crippen molar-refractivity contribution in [3.63, 3.8) is 0 Å². The van der Waals surface area contributed by atoms with Crippen molar-refractivity contribution in [1.82, 2.24) is 4.90 Å². The van der Waals surface area contributed by atoms with Crippen LogP contribution in [0.1, 0.15) is 5.56 Å². The molecule has 0 radical (unpaired) electrons. The summed E-state index contributed by atoms with van der Waals surface area (Å²) in [5, 5.41) is 3.71. The van der Waals surface area contributed by atoms with E-state index in [1.54, 1.807) is 13.2 Å². The Morgan fingerprint density at radius 2 is 1.55 bits per heavy atom. The van der Waals surface area contributed by atoms with Crippen molar-refractivity contribution in [2.45, 2.75) is 0 Å². The van der Waals surface area contributed by atoms with Crippen LogP contribution in [0.15, 0.2) is 83.8 Å². The molecule has 5 nitrogen and oxygen atoms in total. The van der Waals surface area contributed by atoms with Crippen LogP contribution >= 0.6 is 11.8 Å². The van der Waals surface area contributed by atoms with Crippen LogP contribution in [0.4, 0.5) is 4.79 Å². The predicted octanol–water partition coefficient (Wildman–Crippen LogP) is 6.12. The Labute approximate surface area is 195 Å². The summed E-state index contributed by atoms with van der Waals surface area (Å²) in [6.07, 6.45) is 1.78. The van der Waals surface area contributed by atoms with E-state index in [1.165, 1.54) is 4.90 Å². The van der Waals surface area contributed by atoms with Gasteiger partial charge in [0.2, 0.25) is 0 Å². The summed E-state index contributed by atoms with van der Waals surface area (Å²) >= 11 is 0.956. The monoisotopic (exact) mass is 455 g/mol. The molecule has 5 rings (SSSR count). The number of carbonyl (C=O) groups is 2. The normalized spacial score (nSPS) is 15.1. The highest BCUT2D eigenvalue weighted by molar-refractivity contribution is 8.18. The van der Waals surface area contributed by atoms with Gasteiger partial charge in [0.05, 0.1) is 18.6 Å². The third kappa shape index (κ3) is 4.05. The van der Waals surface area contributed by atoms with Crippen molar-refractivity contribution in [1.29, 1.82) is 0 Å². The number of hydrogen-bond acceptors (Lipinski definition) is 5. The summed E-state index contributed by atoms with van der Waals surface area (Å²) in [5.74, 6) is 1.20. The zero-order valence-electron chi connectivity index (χ0n) is 18.0. The zero-order valence-corrected chi connectivity index (χ0v) is 18.8. The Bertz CT molecular complexity index is 1410. The Morgan fingerprint density at radius 1 is 0.818 bits per heavy atom.